The van der Waals surface area contributed by atoms with Crippen molar-refractivity contribution in [1.82, 2.24) is 10.3 Å². The summed E-state index contributed by atoms with van der Waals surface area (Å²) in [4.78, 5) is 49.5. The molecule has 1 heterocycles. The van der Waals surface area contributed by atoms with Crippen molar-refractivity contribution < 1.29 is 33.4 Å². The number of aromatic nitrogens is 1. The van der Waals surface area contributed by atoms with Crippen LogP contribution in [-0.2, 0) is 19.0 Å². The zero-order chi connectivity index (χ0) is 18.4. The molecular formula is C15H20N2O7. The first kappa shape index (κ1) is 19.2. The SMILES string of the molecule is CCOC(=O)c1[nH]c(C)c(C(=O)O[C@H](C)C(=O)NC(=O)OC)c1C. The molecule has 0 fully saturated rings. The van der Waals surface area contributed by atoms with Crippen molar-refractivity contribution in [2.75, 3.05) is 13.7 Å². The van der Waals surface area contributed by atoms with Gasteiger partial charge in [0.2, 0.25) is 0 Å². The van der Waals surface area contributed by atoms with Crippen molar-refractivity contribution in [3.8, 4) is 0 Å². The number of rotatable bonds is 5. The molecule has 0 unspecified atom stereocenters. The van der Waals surface area contributed by atoms with Crippen molar-refractivity contribution in [2.45, 2.75) is 33.8 Å². The number of carbonyl (C=O) groups excluding carboxylic acids is 4. The van der Waals surface area contributed by atoms with Gasteiger partial charge in [-0.15, -0.1) is 0 Å². The molecule has 1 rings (SSSR count). The highest BCUT2D eigenvalue weighted by Crippen LogP contribution is 2.20. The van der Waals surface area contributed by atoms with E-state index >= 15 is 0 Å². The lowest BCUT2D eigenvalue weighted by Crippen LogP contribution is -2.39. The van der Waals surface area contributed by atoms with Gasteiger partial charge in [0.1, 0.15) is 5.69 Å². The van der Waals surface area contributed by atoms with Gasteiger partial charge in [-0.25, -0.2) is 14.4 Å². The minimum atomic E-state index is -1.23. The highest BCUT2D eigenvalue weighted by atomic mass is 16.6. The number of H-pyrrole nitrogens is 1. The van der Waals surface area contributed by atoms with Crippen molar-refractivity contribution in [3.05, 3.63) is 22.5 Å². The quantitative estimate of drug-likeness (QED) is 0.610. The Labute approximate surface area is 138 Å². The lowest BCUT2D eigenvalue weighted by molar-refractivity contribution is -0.128. The van der Waals surface area contributed by atoms with Gasteiger partial charge in [-0.1, -0.05) is 0 Å². The fraction of sp³-hybridized carbons (Fsp3) is 0.467. The number of amides is 2. The van der Waals surface area contributed by atoms with Crippen LogP contribution in [0.3, 0.4) is 0 Å². The fourth-order valence-corrected chi connectivity index (χ4v) is 1.99. The zero-order valence-electron chi connectivity index (χ0n) is 14.1. The summed E-state index contributed by atoms with van der Waals surface area (Å²) in [5.74, 6) is -2.22. The predicted octanol–water partition coefficient (Wildman–Crippen LogP) is 1.24. The largest absolute Gasteiger partial charge is 0.461 e. The van der Waals surface area contributed by atoms with Gasteiger partial charge in [-0.3, -0.25) is 10.1 Å². The Hall–Kier alpha value is -2.84. The lowest BCUT2D eigenvalue weighted by atomic mass is 10.1. The molecule has 0 aromatic carbocycles. The number of imide groups is 1. The maximum absolute atomic E-state index is 12.3. The van der Waals surface area contributed by atoms with Crippen molar-refractivity contribution in [2.24, 2.45) is 0 Å². The molecule has 0 radical (unpaired) electrons. The van der Waals surface area contributed by atoms with E-state index in [4.69, 9.17) is 9.47 Å². The Kier molecular flexibility index (Phi) is 6.51. The standard InChI is InChI=1S/C15H20N2O7/c1-6-23-14(20)11-7(2)10(8(3)16-11)13(19)24-9(4)12(18)17-15(21)22-5/h9,16H,6H2,1-5H3,(H,17,18,21)/t9-/m1/s1. The second kappa shape index (κ2) is 8.14. The summed E-state index contributed by atoms with van der Waals surface area (Å²) < 4.78 is 14.2. The number of hydrogen-bond acceptors (Lipinski definition) is 7. The highest BCUT2D eigenvalue weighted by molar-refractivity contribution is 6.00. The van der Waals surface area contributed by atoms with E-state index in [1.165, 1.54) is 6.92 Å². The van der Waals surface area contributed by atoms with Gasteiger partial charge in [0.05, 0.1) is 19.3 Å². The van der Waals surface area contributed by atoms with Crippen LogP contribution in [0, 0.1) is 13.8 Å². The molecule has 2 N–H and O–H groups in total. The Morgan fingerprint density at radius 3 is 2.33 bits per heavy atom. The summed E-state index contributed by atoms with van der Waals surface area (Å²) in [6.45, 7) is 6.32. The number of aromatic amines is 1. The Balaban J connectivity index is 2.90. The molecule has 0 spiro atoms. The Bertz CT molecular complexity index is 663. The maximum Gasteiger partial charge on any atom is 0.413 e. The van der Waals surface area contributed by atoms with Crippen molar-refractivity contribution >= 4 is 23.9 Å². The van der Waals surface area contributed by atoms with Crippen LogP contribution < -0.4 is 5.32 Å². The normalized spacial score (nSPS) is 11.4. The number of esters is 2. The summed E-state index contributed by atoms with van der Waals surface area (Å²) in [5.41, 5.74) is 1.04. The Morgan fingerprint density at radius 2 is 1.79 bits per heavy atom. The van der Waals surface area contributed by atoms with E-state index in [-0.39, 0.29) is 17.9 Å². The first-order valence-corrected chi connectivity index (χ1v) is 7.18. The van der Waals surface area contributed by atoms with E-state index in [2.05, 4.69) is 9.72 Å². The molecule has 0 aliphatic carbocycles. The van der Waals surface area contributed by atoms with Gasteiger partial charge in [0.25, 0.3) is 5.91 Å². The smallest absolute Gasteiger partial charge is 0.413 e. The first-order chi connectivity index (χ1) is 11.2. The van der Waals surface area contributed by atoms with Crippen LogP contribution in [0.4, 0.5) is 4.79 Å². The summed E-state index contributed by atoms with van der Waals surface area (Å²) in [6, 6.07) is 0. The average molecular weight is 340 g/mol. The third-order valence-corrected chi connectivity index (χ3v) is 3.18. The molecule has 24 heavy (non-hydrogen) atoms. The topological polar surface area (TPSA) is 124 Å². The van der Waals surface area contributed by atoms with Gasteiger partial charge in [-0.2, -0.15) is 0 Å². The fourth-order valence-electron chi connectivity index (χ4n) is 1.99. The van der Waals surface area contributed by atoms with Gasteiger partial charge in [-0.05, 0) is 33.3 Å². The second-order valence-electron chi connectivity index (χ2n) is 4.87. The van der Waals surface area contributed by atoms with Gasteiger partial charge < -0.3 is 19.2 Å². The van der Waals surface area contributed by atoms with Gasteiger partial charge in [0.15, 0.2) is 6.10 Å². The van der Waals surface area contributed by atoms with E-state index < -0.39 is 30.0 Å². The molecule has 0 bridgehead atoms. The zero-order valence-corrected chi connectivity index (χ0v) is 14.1. The highest BCUT2D eigenvalue weighted by Gasteiger charge is 2.27. The molecule has 9 nitrogen and oxygen atoms in total. The van der Waals surface area contributed by atoms with Crippen molar-refractivity contribution in [3.63, 3.8) is 0 Å². The third-order valence-electron chi connectivity index (χ3n) is 3.18. The minimum absolute atomic E-state index is 0.135. The third kappa shape index (κ3) is 4.34. The monoisotopic (exact) mass is 340 g/mol. The molecule has 1 atom stereocenters. The molecule has 0 aliphatic heterocycles. The molecule has 1 aromatic heterocycles. The molecule has 1 aromatic rings. The van der Waals surface area contributed by atoms with Crippen LogP contribution in [-0.4, -0.2) is 48.7 Å². The van der Waals surface area contributed by atoms with Crippen LogP contribution in [0.15, 0.2) is 0 Å². The molecule has 132 valence electrons. The molecular weight excluding hydrogens is 320 g/mol. The number of alkyl carbamates (subject to hydrolysis) is 1. The summed E-state index contributed by atoms with van der Waals surface area (Å²) >= 11 is 0. The van der Waals surface area contributed by atoms with E-state index in [1.807, 2.05) is 5.32 Å². The second-order valence-corrected chi connectivity index (χ2v) is 4.87. The average Bonchev–Trinajstić information content (AvgIpc) is 2.82. The van der Waals surface area contributed by atoms with E-state index in [0.29, 0.717) is 11.3 Å². The minimum Gasteiger partial charge on any atom is -0.461 e. The summed E-state index contributed by atoms with van der Waals surface area (Å²) in [7, 11) is 1.10. The number of aryl methyl sites for hydroxylation is 1. The van der Waals surface area contributed by atoms with Gasteiger partial charge in [0, 0.05) is 5.69 Å². The van der Waals surface area contributed by atoms with Gasteiger partial charge >= 0.3 is 18.0 Å². The molecule has 9 heteroatoms. The number of carbonyl (C=O) groups is 4. The van der Waals surface area contributed by atoms with E-state index in [9.17, 15) is 19.2 Å². The van der Waals surface area contributed by atoms with E-state index in [0.717, 1.165) is 7.11 Å². The van der Waals surface area contributed by atoms with Crippen LogP contribution in [0.25, 0.3) is 0 Å². The van der Waals surface area contributed by atoms with Crippen LogP contribution in [0.2, 0.25) is 0 Å². The number of hydrogen-bond donors (Lipinski definition) is 2. The Morgan fingerprint density at radius 1 is 1.17 bits per heavy atom. The number of methoxy groups -OCH3 is 1. The van der Waals surface area contributed by atoms with Crippen LogP contribution in [0.5, 0.6) is 0 Å². The summed E-state index contributed by atoms with van der Waals surface area (Å²) in [6.07, 6.45) is -2.18. The molecule has 0 aliphatic rings. The molecule has 0 saturated heterocycles. The van der Waals surface area contributed by atoms with E-state index in [1.54, 1.807) is 20.8 Å². The first-order valence-electron chi connectivity index (χ1n) is 7.18. The van der Waals surface area contributed by atoms with Crippen LogP contribution in [0.1, 0.15) is 46.0 Å². The predicted molar refractivity (Wildman–Crippen MR) is 81.6 cm³/mol. The molecule has 2 amide bonds. The van der Waals surface area contributed by atoms with Crippen LogP contribution >= 0.6 is 0 Å². The maximum atomic E-state index is 12.3. The number of nitrogens with one attached hydrogen (secondary N) is 2. The molecule has 0 saturated carbocycles. The lowest BCUT2D eigenvalue weighted by Gasteiger charge is -2.12. The number of ether oxygens (including phenoxy) is 3. The summed E-state index contributed by atoms with van der Waals surface area (Å²) in [5, 5.41) is 1.90. The van der Waals surface area contributed by atoms with Crippen molar-refractivity contribution in [1.29, 1.82) is 0 Å².